The number of aryl methyl sites for hydroxylation is 1. The van der Waals surface area contributed by atoms with Gasteiger partial charge >= 0.3 is 6.03 Å². The number of imidazole rings is 1. The fourth-order valence-corrected chi connectivity index (χ4v) is 2.09. The molecule has 0 spiro atoms. The van der Waals surface area contributed by atoms with Crippen LogP contribution in [-0.2, 0) is 0 Å². The summed E-state index contributed by atoms with van der Waals surface area (Å²) in [5.41, 5.74) is 10.4. The number of urea groups is 1. The van der Waals surface area contributed by atoms with Gasteiger partial charge in [-0.3, -0.25) is 0 Å². The van der Waals surface area contributed by atoms with Crippen LogP contribution in [0.1, 0.15) is 5.56 Å². The van der Waals surface area contributed by atoms with E-state index in [1.54, 1.807) is 18.5 Å². The van der Waals surface area contributed by atoms with Gasteiger partial charge in [0.05, 0.1) is 28.7 Å². The van der Waals surface area contributed by atoms with Crippen LogP contribution in [0, 0.1) is 6.92 Å². The number of carbonyl (C=O) groups is 1. The van der Waals surface area contributed by atoms with Gasteiger partial charge in [0.1, 0.15) is 0 Å². The van der Waals surface area contributed by atoms with Gasteiger partial charge in [-0.05, 0) is 42.8 Å². The van der Waals surface area contributed by atoms with Crippen molar-refractivity contribution in [3.63, 3.8) is 0 Å². The smallest absolute Gasteiger partial charge is 0.323 e. The second-order valence-corrected chi connectivity index (χ2v) is 4.80. The Hall–Kier alpha value is -3.02. The number of benzene rings is 2. The maximum absolute atomic E-state index is 12.0. The zero-order valence-electron chi connectivity index (χ0n) is 11.5. The van der Waals surface area contributed by atoms with E-state index in [4.69, 9.17) is 5.73 Å². The zero-order valence-corrected chi connectivity index (χ0v) is 11.5. The van der Waals surface area contributed by atoms with Crippen LogP contribution < -0.4 is 16.4 Å². The summed E-state index contributed by atoms with van der Waals surface area (Å²) in [6.45, 7) is 1.94. The molecule has 21 heavy (non-hydrogen) atoms. The average Bonchev–Trinajstić information content (AvgIpc) is 2.89. The topological polar surface area (TPSA) is 95.8 Å². The van der Waals surface area contributed by atoms with Crippen molar-refractivity contribution in [2.75, 3.05) is 16.4 Å². The fourth-order valence-electron chi connectivity index (χ4n) is 2.09. The predicted molar refractivity (Wildman–Crippen MR) is 84.3 cm³/mol. The molecule has 3 aromatic rings. The standard InChI is InChI=1S/C15H15N5O/c1-9-2-4-12(11(16)6-9)20-15(21)19-10-3-5-13-14(7-10)18-8-17-13/h2-8H,16H2,1H3,(H,17,18)(H2,19,20,21). The zero-order chi connectivity index (χ0) is 14.8. The molecular weight excluding hydrogens is 266 g/mol. The highest BCUT2D eigenvalue weighted by Gasteiger charge is 2.06. The molecule has 0 aliphatic rings. The molecule has 0 saturated carbocycles. The van der Waals surface area contributed by atoms with Crippen LogP contribution in [0.15, 0.2) is 42.7 Å². The maximum atomic E-state index is 12.0. The third-order valence-electron chi connectivity index (χ3n) is 3.13. The number of hydrogen-bond donors (Lipinski definition) is 4. The second-order valence-electron chi connectivity index (χ2n) is 4.80. The molecule has 0 unspecified atom stereocenters. The third-order valence-corrected chi connectivity index (χ3v) is 3.13. The first-order valence-electron chi connectivity index (χ1n) is 6.49. The Bertz CT molecular complexity index is 809. The average molecular weight is 281 g/mol. The van der Waals surface area contributed by atoms with E-state index in [0.717, 1.165) is 16.6 Å². The van der Waals surface area contributed by atoms with Crippen molar-refractivity contribution in [2.24, 2.45) is 0 Å². The van der Waals surface area contributed by atoms with Gasteiger partial charge in [0.2, 0.25) is 0 Å². The highest BCUT2D eigenvalue weighted by Crippen LogP contribution is 2.20. The molecule has 6 nitrogen and oxygen atoms in total. The minimum absolute atomic E-state index is 0.343. The molecule has 0 fully saturated rings. The number of aromatic amines is 1. The monoisotopic (exact) mass is 281 g/mol. The molecule has 106 valence electrons. The number of H-pyrrole nitrogens is 1. The van der Waals surface area contributed by atoms with Crippen molar-refractivity contribution < 1.29 is 4.79 Å². The molecule has 0 saturated heterocycles. The first-order valence-corrected chi connectivity index (χ1v) is 6.49. The van der Waals surface area contributed by atoms with E-state index in [9.17, 15) is 4.79 Å². The molecule has 0 bridgehead atoms. The van der Waals surface area contributed by atoms with Crippen LogP contribution >= 0.6 is 0 Å². The molecule has 2 aromatic carbocycles. The van der Waals surface area contributed by atoms with Crippen LogP contribution in [0.2, 0.25) is 0 Å². The van der Waals surface area contributed by atoms with Gasteiger partial charge in [-0.2, -0.15) is 0 Å². The van der Waals surface area contributed by atoms with Crippen molar-refractivity contribution in [3.05, 3.63) is 48.3 Å². The SMILES string of the molecule is Cc1ccc(NC(=O)Nc2ccc3nc[nH]c3c2)c(N)c1. The number of carbonyl (C=O) groups excluding carboxylic acids is 1. The lowest BCUT2D eigenvalue weighted by molar-refractivity contribution is 0.262. The Morgan fingerprint density at radius 1 is 1.19 bits per heavy atom. The highest BCUT2D eigenvalue weighted by atomic mass is 16.2. The molecule has 3 rings (SSSR count). The summed E-state index contributed by atoms with van der Waals surface area (Å²) in [4.78, 5) is 19.1. The number of amides is 2. The van der Waals surface area contributed by atoms with Crippen molar-refractivity contribution in [2.45, 2.75) is 6.92 Å². The lowest BCUT2D eigenvalue weighted by Crippen LogP contribution is -2.20. The van der Waals surface area contributed by atoms with Crippen LogP contribution in [0.25, 0.3) is 11.0 Å². The van der Waals surface area contributed by atoms with Crippen LogP contribution in [0.5, 0.6) is 0 Å². The number of anilines is 3. The van der Waals surface area contributed by atoms with Gasteiger partial charge in [-0.25, -0.2) is 9.78 Å². The molecular formula is C15H15N5O. The van der Waals surface area contributed by atoms with Crippen molar-refractivity contribution in [1.82, 2.24) is 9.97 Å². The number of nitrogens with one attached hydrogen (secondary N) is 3. The minimum atomic E-state index is -0.343. The number of nitrogens with zero attached hydrogens (tertiary/aromatic N) is 1. The Morgan fingerprint density at radius 2 is 2.05 bits per heavy atom. The second kappa shape index (κ2) is 5.16. The molecule has 2 amide bonds. The maximum Gasteiger partial charge on any atom is 0.323 e. The lowest BCUT2D eigenvalue weighted by atomic mass is 10.2. The van der Waals surface area contributed by atoms with Gasteiger partial charge in [-0.1, -0.05) is 6.07 Å². The molecule has 0 aliphatic heterocycles. The largest absolute Gasteiger partial charge is 0.397 e. The van der Waals surface area contributed by atoms with Crippen LogP contribution in [0.3, 0.4) is 0 Å². The first kappa shape index (κ1) is 13.0. The Morgan fingerprint density at radius 3 is 2.86 bits per heavy atom. The number of nitrogen functional groups attached to an aromatic ring is 1. The third kappa shape index (κ3) is 2.79. The van der Waals surface area contributed by atoms with Crippen LogP contribution in [-0.4, -0.2) is 16.0 Å². The lowest BCUT2D eigenvalue weighted by Gasteiger charge is -2.10. The van der Waals surface area contributed by atoms with Crippen molar-refractivity contribution in [3.8, 4) is 0 Å². The van der Waals surface area contributed by atoms with Crippen LogP contribution in [0.4, 0.5) is 21.9 Å². The Kier molecular flexibility index (Phi) is 3.19. The number of rotatable bonds is 2. The van der Waals surface area contributed by atoms with E-state index < -0.39 is 0 Å². The number of nitrogens with two attached hydrogens (primary N) is 1. The normalized spacial score (nSPS) is 10.5. The summed E-state index contributed by atoms with van der Waals surface area (Å²) in [6, 6.07) is 10.6. The summed E-state index contributed by atoms with van der Waals surface area (Å²) in [6.07, 6.45) is 1.61. The molecule has 0 aliphatic carbocycles. The van der Waals surface area contributed by atoms with E-state index in [-0.39, 0.29) is 6.03 Å². The van der Waals surface area contributed by atoms with Gasteiger partial charge in [0.25, 0.3) is 0 Å². The molecule has 5 N–H and O–H groups in total. The molecule has 0 radical (unpaired) electrons. The van der Waals surface area contributed by atoms with E-state index in [0.29, 0.717) is 17.1 Å². The fraction of sp³-hybridized carbons (Fsp3) is 0.0667. The summed E-state index contributed by atoms with van der Waals surface area (Å²) < 4.78 is 0. The molecule has 1 aromatic heterocycles. The van der Waals surface area contributed by atoms with Gasteiger partial charge < -0.3 is 21.4 Å². The number of hydrogen-bond acceptors (Lipinski definition) is 3. The molecule has 1 heterocycles. The van der Waals surface area contributed by atoms with Gasteiger partial charge in [-0.15, -0.1) is 0 Å². The summed E-state index contributed by atoms with van der Waals surface area (Å²) in [5.74, 6) is 0. The molecule has 0 atom stereocenters. The van der Waals surface area contributed by atoms with E-state index in [1.165, 1.54) is 0 Å². The summed E-state index contributed by atoms with van der Waals surface area (Å²) in [7, 11) is 0. The summed E-state index contributed by atoms with van der Waals surface area (Å²) in [5, 5.41) is 5.49. The van der Waals surface area contributed by atoms with Crippen molar-refractivity contribution in [1.29, 1.82) is 0 Å². The molecule has 6 heteroatoms. The quantitative estimate of drug-likeness (QED) is 0.543. The predicted octanol–water partition coefficient (Wildman–Crippen LogP) is 3.10. The highest BCUT2D eigenvalue weighted by molar-refractivity contribution is 6.02. The van der Waals surface area contributed by atoms with E-state index in [2.05, 4.69) is 20.6 Å². The number of aromatic nitrogens is 2. The first-order chi connectivity index (χ1) is 10.1. The Labute approximate surface area is 121 Å². The van der Waals surface area contributed by atoms with Crippen molar-refractivity contribution >= 4 is 34.1 Å². The minimum Gasteiger partial charge on any atom is -0.397 e. The van der Waals surface area contributed by atoms with E-state index in [1.807, 2.05) is 31.2 Å². The summed E-state index contributed by atoms with van der Waals surface area (Å²) >= 11 is 0. The van der Waals surface area contributed by atoms with Gasteiger partial charge in [0.15, 0.2) is 0 Å². The van der Waals surface area contributed by atoms with Gasteiger partial charge in [0, 0.05) is 5.69 Å². The number of fused-ring (bicyclic) bond motifs is 1. The van der Waals surface area contributed by atoms with E-state index >= 15 is 0 Å². The Balaban J connectivity index is 1.73.